The summed E-state index contributed by atoms with van der Waals surface area (Å²) >= 11 is 7.49. The summed E-state index contributed by atoms with van der Waals surface area (Å²) in [6.07, 6.45) is -0.427. The first-order valence-electron chi connectivity index (χ1n) is 9.13. The number of nitrogens with zero attached hydrogens (tertiary/aromatic N) is 1. The topological polar surface area (TPSA) is 66.8 Å². The van der Waals surface area contributed by atoms with Crippen molar-refractivity contribution in [3.63, 3.8) is 0 Å². The lowest BCUT2D eigenvalue weighted by atomic mass is 10.1. The molecule has 2 aromatic carbocycles. The molecule has 0 aliphatic rings. The number of benzene rings is 2. The molecular formula is C22H20ClNO4S. The van der Waals surface area contributed by atoms with Crippen LogP contribution in [0.25, 0.3) is 10.4 Å². The summed E-state index contributed by atoms with van der Waals surface area (Å²) < 4.78 is 5.03. The molecule has 29 heavy (non-hydrogen) atoms. The summed E-state index contributed by atoms with van der Waals surface area (Å²) in [7, 11) is 0. The fourth-order valence-electron chi connectivity index (χ4n) is 2.90. The maximum atomic E-state index is 12.9. The third-order valence-electron chi connectivity index (χ3n) is 4.26. The number of carbonyl (C=O) groups is 2. The van der Waals surface area contributed by atoms with Crippen LogP contribution in [-0.4, -0.2) is 17.2 Å². The molecule has 1 heterocycles. The third-order valence-corrected chi connectivity index (χ3v) is 5.68. The number of anilines is 1. The first-order valence-corrected chi connectivity index (χ1v) is 10.3. The molecule has 0 fully saturated rings. The van der Waals surface area contributed by atoms with Crippen molar-refractivity contribution in [2.75, 3.05) is 4.90 Å². The fraction of sp³-hybridized carbons (Fsp3) is 0.182. The molecular weight excluding hydrogens is 410 g/mol. The molecule has 150 valence electrons. The lowest BCUT2D eigenvalue weighted by Crippen LogP contribution is -2.30. The lowest BCUT2D eigenvalue weighted by molar-refractivity contribution is -0.118. The van der Waals surface area contributed by atoms with Crippen molar-refractivity contribution in [1.82, 2.24) is 0 Å². The predicted molar refractivity (Wildman–Crippen MR) is 116 cm³/mol. The summed E-state index contributed by atoms with van der Waals surface area (Å²) in [5.41, 5.74) is 2.11. The molecule has 0 aliphatic carbocycles. The number of hydrogen-bond acceptors (Lipinski definition) is 4. The molecule has 3 aromatic rings. The molecule has 0 saturated heterocycles. The van der Waals surface area contributed by atoms with Crippen LogP contribution in [0.1, 0.15) is 25.3 Å². The van der Waals surface area contributed by atoms with Crippen molar-refractivity contribution in [2.45, 2.75) is 26.3 Å². The van der Waals surface area contributed by atoms with Gasteiger partial charge in [-0.15, -0.1) is 0 Å². The highest BCUT2D eigenvalue weighted by Crippen LogP contribution is 2.44. The van der Waals surface area contributed by atoms with E-state index >= 15 is 0 Å². The van der Waals surface area contributed by atoms with E-state index in [1.807, 2.05) is 55.5 Å². The zero-order valence-corrected chi connectivity index (χ0v) is 17.4. The largest absolute Gasteiger partial charge is 0.512 e. The standard InChI is InChI=1S/C22H20ClNO4S/c1-2-8-20(25)24(14-16-11-6-7-12-17(16)23)18-13-19(15-9-4-3-5-10-15)29-21(18)28-22(26)27/h3-7,9-13H,2,8,14H2,1H3,(H,26,27). The van der Waals surface area contributed by atoms with Crippen molar-refractivity contribution in [1.29, 1.82) is 0 Å². The number of rotatable bonds is 7. The van der Waals surface area contributed by atoms with E-state index in [4.69, 9.17) is 16.3 Å². The number of hydrogen-bond donors (Lipinski definition) is 1. The molecule has 0 unspecified atom stereocenters. The summed E-state index contributed by atoms with van der Waals surface area (Å²) in [5.74, 6) is -0.125. The van der Waals surface area contributed by atoms with Gasteiger partial charge in [-0.3, -0.25) is 4.79 Å². The minimum atomic E-state index is -1.42. The molecule has 0 aliphatic heterocycles. The van der Waals surface area contributed by atoms with Gasteiger partial charge >= 0.3 is 6.16 Å². The quantitative estimate of drug-likeness (QED) is 0.437. The number of halogens is 1. The van der Waals surface area contributed by atoms with Crippen LogP contribution >= 0.6 is 22.9 Å². The Hall–Kier alpha value is -2.83. The highest BCUT2D eigenvalue weighted by atomic mass is 35.5. The van der Waals surface area contributed by atoms with Gasteiger partial charge in [-0.1, -0.05) is 78.4 Å². The van der Waals surface area contributed by atoms with Crippen molar-refractivity contribution < 1.29 is 19.4 Å². The molecule has 1 amide bonds. The number of carboxylic acid groups (broad SMARTS) is 1. The van der Waals surface area contributed by atoms with Gasteiger partial charge < -0.3 is 14.7 Å². The third kappa shape index (κ3) is 5.16. The van der Waals surface area contributed by atoms with Crippen molar-refractivity contribution >= 4 is 40.7 Å². The molecule has 7 heteroatoms. The van der Waals surface area contributed by atoms with Crippen LogP contribution in [0.2, 0.25) is 5.02 Å². The van der Waals surface area contributed by atoms with Gasteiger partial charge in [-0.2, -0.15) is 0 Å². The number of amides is 1. The van der Waals surface area contributed by atoms with Crippen molar-refractivity contribution in [3.05, 3.63) is 71.2 Å². The van der Waals surface area contributed by atoms with E-state index in [1.165, 1.54) is 11.3 Å². The molecule has 0 saturated carbocycles. The average molecular weight is 430 g/mol. The van der Waals surface area contributed by atoms with Crippen LogP contribution in [0.5, 0.6) is 5.06 Å². The summed E-state index contributed by atoms with van der Waals surface area (Å²) in [4.78, 5) is 26.5. The van der Waals surface area contributed by atoms with Crippen molar-refractivity contribution in [2.24, 2.45) is 0 Å². The van der Waals surface area contributed by atoms with E-state index in [-0.39, 0.29) is 17.5 Å². The number of ether oxygens (including phenoxy) is 1. The van der Waals surface area contributed by atoms with Crippen LogP contribution in [0.4, 0.5) is 10.5 Å². The van der Waals surface area contributed by atoms with E-state index in [0.717, 1.165) is 16.0 Å². The lowest BCUT2D eigenvalue weighted by Gasteiger charge is -2.23. The monoisotopic (exact) mass is 429 g/mol. The van der Waals surface area contributed by atoms with E-state index in [0.29, 0.717) is 23.6 Å². The Morgan fingerprint density at radius 2 is 1.79 bits per heavy atom. The normalized spacial score (nSPS) is 10.6. The van der Waals surface area contributed by atoms with Crippen molar-refractivity contribution in [3.8, 4) is 15.5 Å². The Morgan fingerprint density at radius 3 is 2.45 bits per heavy atom. The van der Waals surface area contributed by atoms with Crippen LogP contribution in [0.3, 0.4) is 0 Å². The van der Waals surface area contributed by atoms with Gasteiger partial charge in [0, 0.05) is 16.3 Å². The Balaban J connectivity index is 2.07. The zero-order chi connectivity index (χ0) is 20.8. The van der Waals surface area contributed by atoms with Gasteiger partial charge in [0.15, 0.2) is 0 Å². The number of carbonyl (C=O) groups excluding carboxylic acids is 1. The second-order valence-electron chi connectivity index (χ2n) is 6.34. The van der Waals surface area contributed by atoms with E-state index in [9.17, 15) is 14.7 Å². The van der Waals surface area contributed by atoms with Gasteiger partial charge in [-0.05, 0) is 29.7 Å². The summed E-state index contributed by atoms with van der Waals surface area (Å²) in [6.45, 7) is 2.14. The Labute approximate surface area is 178 Å². The van der Waals surface area contributed by atoms with E-state index in [1.54, 1.807) is 17.0 Å². The Morgan fingerprint density at radius 1 is 1.10 bits per heavy atom. The second-order valence-corrected chi connectivity index (χ2v) is 7.76. The van der Waals surface area contributed by atoms with E-state index < -0.39 is 6.16 Å². The van der Waals surface area contributed by atoms with Crippen LogP contribution in [0, 0.1) is 0 Å². The first kappa shape index (κ1) is 20.9. The highest BCUT2D eigenvalue weighted by Gasteiger charge is 2.25. The molecule has 0 atom stereocenters. The molecule has 1 N–H and O–H groups in total. The van der Waals surface area contributed by atoms with Gasteiger partial charge in [0.2, 0.25) is 11.0 Å². The van der Waals surface area contributed by atoms with Gasteiger partial charge in [-0.25, -0.2) is 4.79 Å². The molecule has 5 nitrogen and oxygen atoms in total. The van der Waals surface area contributed by atoms with Crippen LogP contribution in [-0.2, 0) is 11.3 Å². The first-order chi connectivity index (χ1) is 14.0. The number of thiophene rings is 1. The second kappa shape index (κ2) is 9.58. The highest BCUT2D eigenvalue weighted by molar-refractivity contribution is 7.18. The van der Waals surface area contributed by atoms with Gasteiger partial charge in [0.1, 0.15) is 0 Å². The smallest absolute Gasteiger partial charge is 0.449 e. The van der Waals surface area contributed by atoms with Crippen LogP contribution < -0.4 is 9.64 Å². The average Bonchev–Trinajstić information content (AvgIpc) is 3.11. The van der Waals surface area contributed by atoms with Gasteiger partial charge in [0.25, 0.3) is 0 Å². The molecule has 0 radical (unpaired) electrons. The van der Waals surface area contributed by atoms with Gasteiger partial charge in [0.05, 0.1) is 12.2 Å². The Kier molecular flexibility index (Phi) is 6.90. The Bertz CT molecular complexity index is 1000. The maximum absolute atomic E-state index is 12.9. The van der Waals surface area contributed by atoms with E-state index in [2.05, 4.69) is 0 Å². The molecule has 1 aromatic heterocycles. The maximum Gasteiger partial charge on any atom is 0.512 e. The molecule has 0 bridgehead atoms. The summed E-state index contributed by atoms with van der Waals surface area (Å²) in [5, 5.41) is 9.89. The van der Waals surface area contributed by atoms with Crippen LogP contribution in [0.15, 0.2) is 60.7 Å². The minimum Gasteiger partial charge on any atom is -0.449 e. The molecule has 3 rings (SSSR count). The predicted octanol–water partition coefficient (Wildman–Crippen LogP) is 6.46. The fourth-order valence-corrected chi connectivity index (χ4v) is 4.11. The zero-order valence-electron chi connectivity index (χ0n) is 15.8. The molecule has 0 spiro atoms. The SMILES string of the molecule is CCCC(=O)N(Cc1ccccc1Cl)c1cc(-c2ccccc2)sc1OC(=O)O. The minimum absolute atomic E-state index is 0.125. The summed E-state index contributed by atoms with van der Waals surface area (Å²) in [6, 6.07) is 18.6.